The van der Waals surface area contributed by atoms with Gasteiger partial charge in [0.05, 0.1) is 12.7 Å². The van der Waals surface area contributed by atoms with Gasteiger partial charge < -0.3 is 15.4 Å². The van der Waals surface area contributed by atoms with Crippen molar-refractivity contribution in [3.63, 3.8) is 0 Å². The summed E-state index contributed by atoms with van der Waals surface area (Å²) < 4.78 is 5.07. The number of carbonyl (C=O) groups is 1. The molecule has 100 valence electrons. The molecule has 0 saturated heterocycles. The fourth-order valence-electron chi connectivity index (χ4n) is 1.86. The van der Waals surface area contributed by atoms with Crippen molar-refractivity contribution in [3.8, 4) is 5.75 Å². The van der Waals surface area contributed by atoms with Crippen LogP contribution in [0.15, 0.2) is 18.2 Å². The van der Waals surface area contributed by atoms with Crippen molar-refractivity contribution in [1.82, 2.24) is 4.90 Å². The highest BCUT2D eigenvalue weighted by Gasteiger charge is 2.19. The number of hydrogen-bond donors (Lipinski definition) is 1. The number of methoxy groups -OCH3 is 1. The van der Waals surface area contributed by atoms with Gasteiger partial charge in [-0.1, -0.05) is 13.3 Å². The van der Waals surface area contributed by atoms with Gasteiger partial charge in [0.15, 0.2) is 0 Å². The molecule has 1 atom stereocenters. The first-order valence-electron chi connectivity index (χ1n) is 6.21. The van der Waals surface area contributed by atoms with Crippen LogP contribution in [-0.2, 0) is 0 Å². The van der Waals surface area contributed by atoms with E-state index in [0.717, 1.165) is 12.8 Å². The summed E-state index contributed by atoms with van der Waals surface area (Å²) in [7, 11) is 3.39. The molecule has 0 aliphatic rings. The molecular weight excluding hydrogens is 228 g/mol. The van der Waals surface area contributed by atoms with Crippen LogP contribution in [-0.4, -0.2) is 31.0 Å². The summed E-state index contributed by atoms with van der Waals surface area (Å²) in [5.41, 5.74) is 6.86. The van der Waals surface area contributed by atoms with E-state index in [4.69, 9.17) is 10.5 Å². The Balaban J connectivity index is 2.90. The Morgan fingerprint density at radius 2 is 2.17 bits per heavy atom. The largest absolute Gasteiger partial charge is 0.497 e. The number of rotatable bonds is 5. The zero-order valence-electron chi connectivity index (χ0n) is 11.6. The lowest BCUT2D eigenvalue weighted by Crippen LogP contribution is -2.35. The van der Waals surface area contributed by atoms with E-state index in [2.05, 4.69) is 6.92 Å². The predicted molar refractivity (Wildman–Crippen MR) is 73.9 cm³/mol. The van der Waals surface area contributed by atoms with Crippen molar-refractivity contribution in [2.24, 2.45) is 0 Å². The maximum atomic E-state index is 12.3. The smallest absolute Gasteiger partial charge is 0.255 e. The van der Waals surface area contributed by atoms with Crippen molar-refractivity contribution in [2.45, 2.75) is 32.7 Å². The molecule has 0 bridgehead atoms. The van der Waals surface area contributed by atoms with E-state index in [9.17, 15) is 4.79 Å². The first-order chi connectivity index (χ1) is 8.51. The summed E-state index contributed by atoms with van der Waals surface area (Å²) in [5, 5.41) is 0. The Morgan fingerprint density at radius 1 is 1.50 bits per heavy atom. The van der Waals surface area contributed by atoms with Crippen LogP contribution in [0.3, 0.4) is 0 Å². The van der Waals surface area contributed by atoms with Crippen LogP contribution < -0.4 is 10.5 Å². The Hall–Kier alpha value is -1.71. The molecule has 18 heavy (non-hydrogen) atoms. The Morgan fingerprint density at radius 3 is 2.67 bits per heavy atom. The van der Waals surface area contributed by atoms with Gasteiger partial charge >= 0.3 is 0 Å². The van der Waals surface area contributed by atoms with Gasteiger partial charge in [-0.2, -0.15) is 0 Å². The van der Waals surface area contributed by atoms with E-state index in [1.165, 1.54) is 0 Å². The summed E-state index contributed by atoms with van der Waals surface area (Å²) in [6, 6.07) is 5.35. The minimum absolute atomic E-state index is 0.0453. The molecule has 0 aromatic heterocycles. The lowest BCUT2D eigenvalue weighted by atomic mass is 10.1. The van der Waals surface area contributed by atoms with E-state index >= 15 is 0 Å². The second kappa shape index (κ2) is 6.28. The van der Waals surface area contributed by atoms with Crippen molar-refractivity contribution in [2.75, 3.05) is 19.9 Å². The van der Waals surface area contributed by atoms with Crippen molar-refractivity contribution in [1.29, 1.82) is 0 Å². The van der Waals surface area contributed by atoms with Gasteiger partial charge in [-0.05, 0) is 25.5 Å². The normalized spacial score (nSPS) is 12.0. The molecule has 1 amide bonds. The number of amides is 1. The molecular formula is C14H22N2O2. The molecule has 1 unspecified atom stereocenters. The lowest BCUT2D eigenvalue weighted by molar-refractivity contribution is 0.0738. The fourth-order valence-corrected chi connectivity index (χ4v) is 1.86. The Kier molecular flexibility index (Phi) is 5.01. The van der Waals surface area contributed by atoms with Gasteiger partial charge in [-0.3, -0.25) is 4.79 Å². The van der Waals surface area contributed by atoms with Gasteiger partial charge in [0.2, 0.25) is 0 Å². The second-order valence-electron chi connectivity index (χ2n) is 4.51. The van der Waals surface area contributed by atoms with Crippen molar-refractivity contribution < 1.29 is 9.53 Å². The van der Waals surface area contributed by atoms with Crippen LogP contribution in [0, 0.1) is 0 Å². The number of anilines is 1. The third-order valence-electron chi connectivity index (χ3n) is 3.18. The monoisotopic (exact) mass is 250 g/mol. The Bertz CT molecular complexity index is 418. The number of nitrogen functional groups attached to an aromatic ring is 1. The molecule has 0 aliphatic carbocycles. The van der Waals surface area contributed by atoms with E-state index in [1.807, 2.05) is 14.0 Å². The van der Waals surface area contributed by atoms with Crippen LogP contribution in [0.25, 0.3) is 0 Å². The van der Waals surface area contributed by atoms with Gasteiger partial charge in [0.1, 0.15) is 5.75 Å². The maximum absolute atomic E-state index is 12.3. The Labute approximate surface area is 109 Å². The summed E-state index contributed by atoms with van der Waals surface area (Å²) in [6.07, 6.45) is 2.04. The molecule has 1 rings (SSSR count). The summed E-state index contributed by atoms with van der Waals surface area (Å²) in [6.45, 7) is 4.15. The number of benzene rings is 1. The highest BCUT2D eigenvalue weighted by Crippen LogP contribution is 2.21. The molecule has 1 aromatic carbocycles. The number of nitrogens with two attached hydrogens (primary N) is 1. The van der Waals surface area contributed by atoms with Crippen molar-refractivity contribution in [3.05, 3.63) is 23.8 Å². The topological polar surface area (TPSA) is 55.6 Å². The van der Waals surface area contributed by atoms with Crippen LogP contribution in [0.4, 0.5) is 5.69 Å². The fraction of sp³-hybridized carbons (Fsp3) is 0.500. The highest BCUT2D eigenvalue weighted by atomic mass is 16.5. The van der Waals surface area contributed by atoms with Gasteiger partial charge in [-0.25, -0.2) is 0 Å². The third-order valence-corrected chi connectivity index (χ3v) is 3.18. The van der Waals surface area contributed by atoms with Crippen LogP contribution in [0.1, 0.15) is 37.0 Å². The minimum atomic E-state index is -0.0453. The average molecular weight is 250 g/mol. The molecule has 0 heterocycles. The highest BCUT2D eigenvalue weighted by molar-refractivity contribution is 5.99. The van der Waals surface area contributed by atoms with Crippen LogP contribution >= 0.6 is 0 Å². The second-order valence-corrected chi connectivity index (χ2v) is 4.51. The zero-order valence-corrected chi connectivity index (χ0v) is 11.6. The zero-order chi connectivity index (χ0) is 13.7. The van der Waals surface area contributed by atoms with Crippen molar-refractivity contribution >= 4 is 11.6 Å². The number of ether oxygens (including phenoxy) is 1. The summed E-state index contributed by atoms with van der Waals surface area (Å²) in [5.74, 6) is 0.615. The lowest BCUT2D eigenvalue weighted by Gasteiger charge is -2.25. The first kappa shape index (κ1) is 14.4. The van der Waals surface area contributed by atoms with Crippen LogP contribution in [0.5, 0.6) is 5.75 Å². The number of carbonyl (C=O) groups excluding carboxylic acids is 1. The molecule has 1 aromatic rings. The summed E-state index contributed by atoms with van der Waals surface area (Å²) >= 11 is 0. The maximum Gasteiger partial charge on any atom is 0.255 e. The molecule has 0 aliphatic heterocycles. The third kappa shape index (κ3) is 3.15. The SMILES string of the molecule is CCCC(C)N(C)C(=O)c1ccc(OC)cc1N. The summed E-state index contributed by atoms with van der Waals surface area (Å²) in [4.78, 5) is 14.0. The molecule has 2 N–H and O–H groups in total. The average Bonchev–Trinajstić information content (AvgIpc) is 2.37. The van der Waals surface area contributed by atoms with Gasteiger partial charge in [0, 0.05) is 24.8 Å². The molecule has 4 heteroatoms. The molecule has 0 fully saturated rings. The van der Waals surface area contributed by atoms with Gasteiger partial charge in [-0.15, -0.1) is 0 Å². The van der Waals surface area contributed by atoms with E-state index in [1.54, 1.807) is 30.2 Å². The molecule has 0 spiro atoms. The standard InChI is InChI=1S/C14H22N2O2/c1-5-6-10(2)16(3)14(17)12-8-7-11(18-4)9-13(12)15/h7-10H,5-6,15H2,1-4H3. The number of nitrogens with zero attached hydrogens (tertiary/aromatic N) is 1. The molecule has 0 saturated carbocycles. The van der Waals surface area contributed by atoms with Crippen LogP contribution in [0.2, 0.25) is 0 Å². The van der Waals surface area contributed by atoms with E-state index < -0.39 is 0 Å². The molecule has 4 nitrogen and oxygen atoms in total. The minimum Gasteiger partial charge on any atom is -0.497 e. The first-order valence-corrected chi connectivity index (χ1v) is 6.21. The quantitative estimate of drug-likeness (QED) is 0.817. The number of hydrogen-bond acceptors (Lipinski definition) is 3. The predicted octanol–water partition coefficient (Wildman–Crippen LogP) is 2.54. The van der Waals surface area contributed by atoms with Gasteiger partial charge in [0.25, 0.3) is 5.91 Å². The molecule has 0 radical (unpaired) electrons. The van der Waals surface area contributed by atoms with E-state index in [-0.39, 0.29) is 11.9 Å². The van der Waals surface area contributed by atoms with E-state index in [0.29, 0.717) is 17.0 Å².